The highest BCUT2D eigenvalue weighted by Crippen LogP contribution is 2.28. The second-order valence-corrected chi connectivity index (χ2v) is 8.26. The summed E-state index contributed by atoms with van der Waals surface area (Å²) in [5.41, 5.74) is 8.60. The molecule has 3 aromatic carbocycles. The van der Waals surface area contributed by atoms with Crippen molar-refractivity contribution in [2.24, 2.45) is 0 Å². The van der Waals surface area contributed by atoms with Crippen LogP contribution in [0.1, 0.15) is 36.5 Å². The van der Waals surface area contributed by atoms with Gasteiger partial charge in [0.25, 0.3) is 0 Å². The monoisotopic (exact) mass is 514 g/mol. The fourth-order valence-electron chi connectivity index (χ4n) is 3.56. The third-order valence-electron chi connectivity index (χ3n) is 5.42. The zero-order valence-electron chi connectivity index (χ0n) is 20.8. The summed E-state index contributed by atoms with van der Waals surface area (Å²) in [5, 5.41) is 23.4. The van der Waals surface area contributed by atoms with E-state index in [2.05, 4.69) is 10.6 Å². The number of unbranched alkanes of at least 4 members (excludes halogenated alkanes) is 1. The minimum atomic E-state index is -0.642. The number of rotatable bonds is 12. The molecule has 0 aliphatic carbocycles. The van der Waals surface area contributed by atoms with Gasteiger partial charge in [0.05, 0.1) is 29.6 Å². The van der Waals surface area contributed by atoms with Gasteiger partial charge in [-0.2, -0.15) is 5.26 Å². The molecule has 3 aromatic rings. The number of hydrogen-bond donors (Lipinski definition) is 4. The van der Waals surface area contributed by atoms with E-state index in [0.29, 0.717) is 47.6 Å². The minimum Gasteiger partial charge on any atom is -0.491 e. The van der Waals surface area contributed by atoms with E-state index in [1.165, 1.54) is 6.08 Å². The smallest absolute Gasteiger partial charge is 0.412 e. The Balaban J connectivity index is 1.60. The average Bonchev–Trinajstić information content (AvgIpc) is 2.93. The number of nitrogen functional groups attached to an aromatic ring is 1. The quantitative estimate of drug-likeness (QED) is 0.148. The van der Waals surface area contributed by atoms with E-state index >= 15 is 0 Å². The van der Waals surface area contributed by atoms with E-state index in [9.17, 15) is 9.59 Å². The molecular formula is C29H30N4O5. The van der Waals surface area contributed by atoms with Crippen LogP contribution < -0.4 is 21.1 Å². The first kappa shape index (κ1) is 27.8. The maximum absolute atomic E-state index is 12.6. The number of carbonyl (C=O) groups is 2. The van der Waals surface area contributed by atoms with Crippen molar-refractivity contribution >= 4 is 29.1 Å². The number of allylic oxidation sites excluding steroid dienone is 1. The third kappa shape index (κ3) is 9.00. The second kappa shape index (κ2) is 14.7. The van der Waals surface area contributed by atoms with Gasteiger partial charge in [0.2, 0.25) is 5.91 Å². The number of benzene rings is 3. The molecule has 0 aliphatic heterocycles. The van der Waals surface area contributed by atoms with Crippen LogP contribution in [0.15, 0.2) is 84.9 Å². The second-order valence-electron chi connectivity index (χ2n) is 8.26. The zero-order valence-corrected chi connectivity index (χ0v) is 20.8. The van der Waals surface area contributed by atoms with Gasteiger partial charge in [0.1, 0.15) is 18.5 Å². The number of carbonyl (C=O) groups excluding carboxylic acids is 2. The highest BCUT2D eigenvalue weighted by atomic mass is 16.6. The number of nitrogens with two attached hydrogens (primary N) is 1. The standard InChI is InChI=1S/C29H30N4O5/c30-20-21-13-15-23(16-14-21)32-29(36)38-27(22-7-6-8-24(19-22)37-18-17-34)11-2-1-3-12-28(35)33-26-10-5-4-9-25(26)31/h3-10,12-16,19,27,34H,1-2,11,17-18,31H2,(H,32,36)(H,33,35)/b12-3+/t27-/m1/s1. The molecule has 5 N–H and O–H groups in total. The number of nitriles is 1. The Morgan fingerprint density at radius 3 is 2.58 bits per heavy atom. The third-order valence-corrected chi connectivity index (χ3v) is 5.42. The molecule has 0 saturated heterocycles. The van der Waals surface area contributed by atoms with Crippen LogP contribution >= 0.6 is 0 Å². The largest absolute Gasteiger partial charge is 0.491 e. The maximum atomic E-state index is 12.6. The van der Waals surface area contributed by atoms with Crippen LogP contribution in [0.3, 0.4) is 0 Å². The van der Waals surface area contributed by atoms with Crippen LogP contribution in [0.2, 0.25) is 0 Å². The zero-order chi connectivity index (χ0) is 27.2. The number of nitrogens with zero attached hydrogens (tertiary/aromatic N) is 1. The van der Waals surface area contributed by atoms with Crippen molar-refractivity contribution in [3.8, 4) is 11.8 Å². The van der Waals surface area contributed by atoms with Gasteiger partial charge < -0.3 is 25.6 Å². The lowest BCUT2D eigenvalue weighted by molar-refractivity contribution is -0.111. The predicted molar refractivity (Wildman–Crippen MR) is 145 cm³/mol. The van der Waals surface area contributed by atoms with E-state index in [1.54, 1.807) is 72.8 Å². The van der Waals surface area contributed by atoms with Gasteiger partial charge in [-0.05, 0) is 79.4 Å². The molecule has 0 bridgehead atoms. The molecule has 0 heterocycles. The van der Waals surface area contributed by atoms with Gasteiger partial charge in [0, 0.05) is 5.69 Å². The summed E-state index contributed by atoms with van der Waals surface area (Å²) >= 11 is 0. The Labute approximate surface area is 221 Å². The van der Waals surface area contributed by atoms with Crippen LogP contribution in [0.25, 0.3) is 0 Å². The molecule has 3 rings (SSSR count). The number of aliphatic hydroxyl groups excluding tert-OH is 1. The lowest BCUT2D eigenvalue weighted by atomic mass is 10.0. The van der Waals surface area contributed by atoms with Gasteiger partial charge in [-0.1, -0.05) is 30.3 Å². The lowest BCUT2D eigenvalue weighted by Gasteiger charge is -2.19. The predicted octanol–water partition coefficient (Wildman–Crippen LogP) is 5.17. The summed E-state index contributed by atoms with van der Waals surface area (Å²) < 4.78 is 11.2. The molecule has 0 aromatic heterocycles. The van der Waals surface area contributed by atoms with Gasteiger partial charge in [-0.3, -0.25) is 10.1 Å². The summed E-state index contributed by atoms with van der Waals surface area (Å²) in [7, 11) is 0. The van der Waals surface area contributed by atoms with E-state index in [-0.39, 0.29) is 19.1 Å². The molecular weight excluding hydrogens is 484 g/mol. The van der Waals surface area contributed by atoms with Gasteiger partial charge in [0.15, 0.2) is 0 Å². The first-order chi connectivity index (χ1) is 18.5. The molecule has 0 aliphatic rings. The number of hydrogen-bond acceptors (Lipinski definition) is 7. The first-order valence-electron chi connectivity index (χ1n) is 12.1. The molecule has 196 valence electrons. The average molecular weight is 515 g/mol. The molecule has 2 amide bonds. The fourth-order valence-corrected chi connectivity index (χ4v) is 3.56. The van der Waals surface area contributed by atoms with E-state index in [1.807, 2.05) is 12.1 Å². The van der Waals surface area contributed by atoms with Gasteiger partial charge in [-0.25, -0.2) is 4.79 Å². The van der Waals surface area contributed by atoms with E-state index in [0.717, 1.165) is 5.56 Å². The number of nitrogens with one attached hydrogen (secondary N) is 2. The molecule has 9 heteroatoms. The van der Waals surface area contributed by atoms with Crippen LogP contribution in [-0.4, -0.2) is 30.3 Å². The van der Waals surface area contributed by atoms with Crippen molar-refractivity contribution in [3.05, 3.63) is 96.1 Å². The summed E-state index contributed by atoms with van der Waals surface area (Å²) in [4.78, 5) is 24.8. The Bertz CT molecular complexity index is 1280. The molecule has 1 atom stereocenters. The van der Waals surface area contributed by atoms with Crippen LogP contribution in [0.5, 0.6) is 5.75 Å². The Hall–Kier alpha value is -4.81. The summed E-state index contributed by atoms with van der Waals surface area (Å²) in [6.45, 7) is 0.0313. The highest BCUT2D eigenvalue weighted by Gasteiger charge is 2.18. The minimum absolute atomic E-state index is 0.117. The number of amides is 2. The SMILES string of the molecule is N#Cc1ccc(NC(=O)O[C@H](CCC/C=C/C(=O)Nc2ccccc2N)c2cccc(OCCO)c2)cc1. The maximum Gasteiger partial charge on any atom is 0.412 e. The summed E-state index contributed by atoms with van der Waals surface area (Å²) in [6, 6.07) is 22.6. The number of anilines is 3. The molecule has 38 heavy (non-hydrogen) atoms. The molecule has 9 nitrogen and oxygen atoms in total. The van der Waals surface area contributed by atoms with Crippen molar-refractivity contribution in [3.63, 3.8) is 0 Å². The lowest BCUT2D eigenvalue weighted by Crippen LogP contribution is -2.18. The van der Waals surface area contributed by atoms with Crippen LogP contribution in [0, 0.1) is 11.3 Å². The normalized spacial score (nSPS) is 11.4. The van der Waals surface area contributed by atoms with Crippen molar-refractivity contribution < 1.29 is 24.2 Å². The van der Waals surface area contributed by atoms with Crippen LogP contribution in [-0.2, 0) is 9.53 Å². The molecule has 0 saturated carbocycles. The Kier molecular flexibility index (Phi) is 10.7. The summed E-state index contributed by atoms with van der Waals surface area (Å²) in [5.74, 6) is 0.264. The van der Waals surface area contributed by atoms with Crippen LogP contribution in [0.4, 0.5) is 21.9 Å². The molecule has 0 radical (unpaired) electrons. The molecule has 0 fully saturated rings. The summed E-state index contributed by atoms with van der Waals surface area (Å²) in [6.07, 6.45) is 3.67. The van der Waals surface area contributed by atoms with E-state index in [4.69, 9.17) is 25.6 Å². The Morgan fingerprint density at radius 2 is 1.84 bits per heavy atom. The van der Waals surface area contributed by atoms with E-state index < -0.39 is 12.2 Å². The van der Waals surface area contributed by atoms with Crippen molar-refractivity contribution in [2.75, 3.05) is 29.6 Å². The number of para-hydroxylation sites is 2. The number of aliphatic hydroxyl groups is 1. The molecule has 0 spiro atoms. The van der Waals surface area contributed by atoms with Crippen molar-refractivity contribution in [2.45, 2.75) is 25.4 Å². The first-order valence-corrected chi connectivity index (χ1v) is 12.1. The van der Waals surface area contributed by atoms with Gasteiger partial charge >= 0.3 is 6.09 Å². The van der Waals surface area contributed by atoms with Gasteiger partial charge in [-0.15, -0.1) is 0 Å². The topological polar surface area (TPSA) is 147 Å². The number of ether oxygens (including phenoxy) is 2. The van der Waals surface area contributed by atoms with Crippen molar-refractivity contribution in [1.29, 1.82) is 5.26 Å². The molecule has 0 unspecified atom stereocenters. The Morgan fingerprint density at radius 1 is 1.05 bits per heavy atom. The highest BCUT2D eigenvalue weighted by molar-refractivity contribution is 6.01. The fraction of sp³-hybridized carbons (Fsp3) is 0.207. The van der Waals surface area contributed by atoms with Crippen molar-refractivity contribution in [1.82, 2.24) is 0 Å².